The summed E-state index contributed by atoms with van der Waals surface area (Å²) in [5.41, 5.74) is 11.1. The molecule has 5 unspecified atom stereocenters. The second kappa shape index (κ2) is 16.4. The first-order valence-electron chi connectivity index (χ1n) is 11.3. The average molecular weight is 459 g/mol. The van der Waals surface area contributed by atoms with E-state index in [2.05, 4.69) is 35.1 Å². The minimum atomic E-state index is -1.32. The maximum atomic E-state index is 12.7. The summed E-state index contributed by atoms with van der Waals surface area (Å²) in [6.45, 7) is 5.85. The first kappa shape index (κ1) is 29.8. The Kier molecular flexibility index (Phi) is 15.3. The van der Waals surface area contributed by atoms with Gasteiger partial charge in [0.2, 0.25) is 23.6 Å². The Bertz CT molecular complexity index is 601. The van der Waals surface area contributed by atoms with Crippen LogP contribution in [0.1, 0.15) is 59.3 Å². The predicted molar refractivity (Wildman–Crippen MR) is 122 cm³/mol. The van der Waals surface area contributed by atoms with Crippen molar-refractivity contribution in [2.75, 3.05) is 20.1 Å². The molecule has 0 aromatic heterocycles. The van der Waals surface area contributed by atoms with Crippen LogP contribution in [0.3, 0.4) is 0 Å². The fourth-order valence-corrected chi connectivity index (χ4v) is 3.05. The summed E-state index contributed by atoms with van der Waals surface area (Å²) in [7, 11) is 1.43. The Morgan fingerprint density at radius 1 is 0.844 bits per heavy atom. The number of likely N-dealkylation sites (N-methyl/N-ethyl adjacent to an activating group) is 1. The topological polar surface area (TPSA) is 189 Å². The number of amides is 4. The van der Waals surface area contributed by atoms with Crippen LogP contribution in [0, 0.1) is 5.92 Å². The van der Waals surface area contributed by atoms with Gasteiger partial charge in [-0.15, -0.1) is 0 Å². The number of rotatable bonds is 16. The molecule has 5 atom stereocenters. The standard InChI is InChI=1S/C21H42N6O5/c1-5-13(2)7-6-8-17(29)25-16(10-12-23)20(31)27-18(14(3)28)21(32)26-15(9-11-22)19(30)24-4/h13-16,18,28H,5-12,22-23H2,1-4H3,(H,24,30)(H,25,29)(H,26,32)(H,27,31). The molecule has 0 aliphatic rings. The molecule has 4 amide bonds. The van der Waals surface area contributed by atoms with Gasteiger partial charge in [-0.25, -0.2) is 0 Å². The maximum Gasteiger partial charge on any atom is 0.245 e. The molecule has 0 aromatic carbocycles. The van der Waals surface area contributed by atoms with E-state index in [9.17, 15) is 24.3 Å². The van der Waals surface area contributed by atoms with Crippen LogP contribution in [0.4, 0.5) is 0 Å². The Labute approximate surface area is 190 Å². The van der Waals surface area contributed by atoms with Gasteiger partial charge in [-0.2, -0.15) is 0 Å². The molecule has 0 heterocycles. The predicted octanol–water partition coefficient (Wildman–Crippen LogP) is -1.52. The fraction of sp³-hybridized carbons (Fsp3) is 0.810. The normalized spacial score (nSPS) is 15.6. The molecule has 32 heavy (non-hydrogen) atoms. The van der Waals surface area contributed by atoms with Crippen LogP contribution in [-0.4, -0.2) is 73.1 Å². The van der Waals surface area contributed by atoms with Crippen molar-refractivity contribution in [3.8, 4) is 0 Å². The zero-order valence-corrected chi connectivity index (χ0v) is 19.8. The molecule has 0 aliphatic carbocycles. The van der Waals surface area contributed by atoms with Gasteiger partial charge in [0.1, 0.15) is 18.1 Å². The molecule has 11 heteroatoms. The molecule has 11 nitrogen and oxygen atoms in total. The lowest BCUT2D eigenvalue weighted by Gasteiger charge is -2.26. The third kappa shape index (κ3) is 11.4. The van der Waals surface area contributed by atoms with Gasteiger partial charge in [-0.1, -0.05) is 26.7 Å². The molecule has 0 aliphatic heterocycles. The summed E-state index contributed by atoms with van der Waals surface area (Å²) < 4.78 is 0. The van der Waals surface area contributed by atoms with Crippen molar-refractivity contribution in [3.63, 3.8) is 0 Å². The van der Waals surface area contributed by atoms with Crippen molar-refractivity contribution in [2.24, 2.45) is 17.4 Å². The van der Waals surface area contributed by atoms with E-state index in [1.807, 2.05) is 0 Å². The molecule has 0 radical (unpaired) electrons. The minimum Gasteiger partial charge on any atom is -0.391 e. The van der Waals surface area contributed by atoms with Crippen LogP contribution in [0.5, 0.6) is 0 Å². The second-order valence-electron chi connectivity index (χ2n) is 8.08. The molecular weight excluding hydrogens is 416 g/mol. The number of carbonyl (C=O) groups excluding carboxylic acids is 4. The van der Waals surface area contributed by atoms with Crippen molar-refractivity contribution >= 4 is 23.6 Å². The van der Waals surface area contributed by atoms with Gasteiger partial charge in [0.25, 0.3) is 0 Å². The van der Waals surface area contributed by atoms with E-state index in [4.69, 9.17) is 11.5 Å². The molecule has 0 fully saturated rings. The number of aliphatic hydroxyl groups excluding tert-OH is 1. The van der Waals surface area contributed by atoms with E-state index < -0.39 is 42.0 Å². The summed E-state index contributed by atoms with van der Waals surface area (Å²) in [6.07, 6.45) is 2.06. The number of nitrogens with one attached hydrogen (secondary N) is 4. The van der Waals surface area contributed by atoms with E-state index in [0.717, 1.165) is 12.8 Å². The second-order valence-corrected chi connectivity index (χ2v) is 8.08. The molecule has 0 bridgehead atoms. The first-order chi connectivity index (χ1) is 15.1. The van der Waals surface area contributed by atoms with E-state index in [0.29, 0.717) is 12.3 Å². The van der Waals surface area contributed by atoms with Gasteiger partial charge in [0.15, 0.2) is 0 Å². The highest BCUT2D eigenvalue weighted by molar-refractivity contribution is 5.94. The lowest BCUT2D eigenvalue weighted by Crippen LogP contribution is -2.60. The summed E-state index contributed by atoms with van der Waals surface area (Å²) in [4.78, 5) is 49.6. The lowest BCUT2D eigenvalue weighted by atomic mass is 10.0. The molecule has 186 valence electrons. The summed E-state index contributed by atoms with van der Waals surface area (Å²) >= 11 is 0. The van der Waals surface area contributed by atoms with Crippen LogP contribution >= 0.6 is 0 Å². The van der Waals surface area contributed by atoms with Gasteiger partial charge in [-0.3, -0.25) is 19.2 Å². The zero-order chi connectivity index (χ0) is 24.7. The Morgan fingerprint density at radius 2 is 1.41 bits per heavy atom. The largest absolute Gasteiger partial charge is 0.391 e. The third-order valence-electron chi connectivity index (χ3n) is 5.30. The molecule has 0 saturated carbocycles. The Morgan fingerprint density at radius 3 is 1.88 bits per heavy atom. The van der Waals surface area contributed by atoms with Crippen molar-refractivity contribution in [2.45, 2.75) is 83.5 Å². The molecular formula is C21H42N6O5. The fourth-order valence-electron chi connectivity index (χ4n) is 3.05. The molecule has 0 spiro atoms. The minimum absolute atomic E-state index is 0.145. The number of carbonyl (C=O) groups is 4. The average Bonchev–Trinajstić information content (AvgIpc) is 2.75. The summed E-state index contributed by atoms with van der Waals surface area (Å²) in [5, 5.41) is 20.1. The van der Waals surface area contributed by atoms with Gasteiger partial charge in [-0.05, 0) is 45.2 Å². The van der Waals surface area contributed by atoms with Gasteiger partial charge >= 0.3 is 0 Å². The number of hydrogen-bond acceptors (Lipinski definition) is 7. The van der Waals surface area contributed by atoms with Crippen LogP contribution in [0.15, 0.2) is 0 Å². The van der Waals surface area contributed by atoms with Crippen molar-refractivity contribution < 1.29 is 24.3 Å². The lowest BCUT2D eigenvalue weighted by molar-refractivity contribution is -0.135. The SMILES string of the molecule is CCC(C)CCCC(=O)NC(CCN)C(=O)NC(C(=O)NC(CCN)C(=O)NC)C(C)O. The quantitative estimate of drug-likeness (QED) is 0.146. The third-order valence-corrected chi connectivity index (χ3v) is 5.30. The summed E-state index contributed by atoms with van der Waals surface area (Å²) in [5.74, 6) is -1.56. The number of nitrogens with two attached hydrogens (primary N) is 2. The number of aliphatic hydroxyl groups is 1. The van der Waals surface area contributed by atoms with Crippen molar-refractivity contribution in [1.29, 1.82) is 0 Å². The highest BCUT2D eigenvalue weighted by atomic mass is 16.3. The molecule has 0 aromatic rings. The maximum absolute atomic E-state index is 12.7. The van der Waals surface area contributed by atoms with Gasteiger partial charge in [0.05, 0.1) is 6.10 Å². The van der Waals surface area contributed by atoms with E-state index in [1.54, 1.807) is 0 Å². The summed E-state index contributed by atoms with van der Waals surface area (Å²) in [6, 6.07) is -3.17. The molecule has 0 rings (SSSR count). The highest BCUT2D eigenvalue weighted by Crippen LogP contribution is 2.11. The van der Waals surface area contributed by atoms with Crippen molar-refractivity contribution in [1.82, 2.24) is 21.3 Å². The Hall–Kier alpha value is -2.24. The number of hydrogen-bond donors (Lipinski definition) is 7. The van der Waals surface area contributed by atoms with E-state index >= 15 is 0 Å². The zero-order valence-electron chi connectivity index (χ0n) is 19.8. The molecule has 0 saturated heterocycles. The van der Waals surface area contributed by atoms with Crippen LogP contribution < -0.4 is 32.7 Å². The van der Waals surface area contributed by atoms with Crippen LogP contribution in [0.2, 0.25) is 0 Å². The van der Waals surface area contributed by atoms with Crippen LogP contribution in [-0.2, 0) is 19.2 Å². The van der Waals surface area contributed by atoms with E-state index in [-0.39, 0.29) is 38.3 Å². The van der Waals surface area contributed by atoms with Crippen LogP contribution in [0.25, 0.3) is 0 Å². The molecule has 9 N–H and O–H groups in total. The smallest absolute Gasteiger partial charge is 0.245 e. The van der Waals surface area contributed by atoms with Gasteiger partial charge in [0, 0.05) is 13.5 Å². The van der Waals surface area contributed by atoms with Crippen molar-refractivity contribution in [3.05, 3.63) is 0 Å². The monoisotopic (exact) mass is 458 g/mol. The van der Waals surface area contributed by atoms with Gasteiger partial charge < -0.3 is 37.8 Å². The van der Waals surface area contributed by atoms with E-state index in [1.165, 1.54) is 14.0 Å². The first-order valence-corrected chi connectivity index (χ1v) is 11.3. The highest BCUT2D eigenvalue weighted by Gasteiger charge is 2.31. The Balaban J connectivity index is 5.09.